The van der Waals surface area contributed by atoms with Gasteiger partial charge in [0.2, 0.25) is 0 Å². The SMILES string of the molecule is CC1NCC(O)(c2ccccc2)C1=O. The van der Waals surface area contributed by atoms with Crippen molar-refractivity contribution >= 4 is 5.78 Å². The van der Waals surface area contributed by atoms with E-state index < -0.39 is 5.60 Å². The van der Waals surface area contributed by atoms with E-state index in [1.165, 1.54) is 0 Å². The van der Waals surface area contributed by atoms with Gasteiger partial charge in [-0.05, 0) is 12.5 Å². The van der Waals surface area contributed by atoms with Crippen molar-refractivity contribution in [3.05, 3.63) is 35.9 Å². The Morgan fingerprint density at radius 2 is 2.07 bits per heavy atom. The first kappa shape index (κ1) is 9.37. The minimum absolute atomic E-state index is 0.149. The number of rotatable bonds is 1. The number of carbonyl (C=O) groups excluding carboxylic acids is 1. The van der Waals surface area contributed by atoms with Crippen LogP contribution in [0.25, 0.3) is 0 Å². The molecule has 0 amide bonds. The second kappa shape index (κ2) is 3.19. The molecule has 0 saturated carbocycles. The van der Waals surface area contributed by atoms with Gasteiger partial charge in [-0.2, -0.15) is 0 Å². The van der Waals surface area contributed by atoms with Crippen LogP contribution in [0.1, 0.15) is 12.5 Å². The molecule has 1 aliphatic heterocycles. The van der Waals surface area contributed by atoms with E-state index in [-0.39, 0.29) is 11.8 Å². The summed E-state index contributed by atoms with van der Waals surface area (Å²) in [6.45, 7) is 2.07. The Bertz CT molecular complexity index is 350. The van der Waals surface area contributed by atoms with E-state index in [2.05, 4.69) is 5.32 Å². The predicted octanol–water partition coefficient (Wildman–Crippen LogP) is 0.435. The van der Waals surface area contributed by atoms with Crippen LogP contribution in [0.15, 0.2) is 30.3 Å². The molecule has 1 aromatic carbocycles. The zero-order valence-electron chi connectivity index (χ0n) is 8.03. The summed E-state index contributed by atoms with van der Waals surface area (Å²) in [5, 5.41) is 13.1. The Balaban J connectivity index is 2.39. The normalized spacial score (nSPS) is 32.1. The molecule has 0 spiro atoms. The highest BCUT2D eigenvalue weighted by Crippen LogP contribution is 2.26. The molecular weight excluding hydrogens is 178 g/mol. The summed E-state index contributed by atoms with van der Waals surface area (Å²) in [4.78, 5) is 11.7. The molecule has 14 heavy (non-hydrogen) atoms. The Morgan fingerprint density at radius 3 is 2.57 bits per heavy atom. The van der Waals surface area contributed by atoms with E-state index in [1.54, 1.807) is 19.1 Å². The summed E-state index contributed by atoms with van der Waals surface area (Å²) >= 11 is 0. The number of ketones is 1. The summed E-state index contributed by atoms with van der Waals surface area (Å²) < 4.78 is 0. The van der Waals surface area contributed by atoms with Gasteiger partial charge in [0.15, 0.2) is 11.4 Å². The summed E-state index contributed by atoms with van der Waals surface area (Å²) in [6, 6.07) is 8.80. The maximum atomic E-state index is 11.7. The number of hydrogen-bond acceptors (Lipinski definition) is 3. The second-order valence-electron chi connectivity index (χ2n) is 3.69. The van der Waals surface area contributed by atoms with Crippen LogP contribution >= 0.6 is 0 Å². The van der Waals surface area contributed by atoms with Gasteiger partial charge >= 0.3 is 0 Å². The van der Waals surface area contributed by atoms with Crippen molar-refractivity contribution in [2.75, 3.05) is 6.54 Å². The first-order valence-corrected chi connectivity index (χ1v) is 4.70. The number of carbonyl (C=O) groups is 1. The molecule has 2 unspecified atom stereocenters. The summed E-state index contributed by atoms with van der Waals surface area (Å²) in [5.74, 6) is -0.149. The highest BCUT2D eigenvalue weighted by atomic mass is 16.3. The number of aliphatic hydroxyl groups is 1. The smallest absolute Gasteiger partial charge is 0.186 e. The lowest BCUT2D eigenvalue weighted by Crippen LogP contribution is -2.36. The number of β-amino-alcohol motifs (C(OH)–C–C–N with tert-alkyl or cyclic N) is 1. The molecule has 74 valence electrons. The molecule has 0 radical (unpaired) electrons. The Kier molecular flexibility index (Phi) is 2.13. The zero-order chi connectivity index (χ0) is 10.2. The van der Waals surface area contributed by atoms with Crippen LogP contribution in [-0.4, -0.2) is 23.5 Å². The maximum absolute atomic E-state index is 11.7. The van der Waals surface area contributed by atoms with E-state index in [1.807, 2.05) is 18.2 Å². The number of benzene rings is 1. The standard InChI is InChI=1S/C11H13NO2/c1-8-10(13)11(14,7-12-8)9-5-3-2-4-6-9/h2-6,8,12,14H,7H2,1H3. The number of Topliss-reactive ketones (excluding diaryl/α,β-unsaturated/α-hetero) is 1. The van der Waals surface area contributed by atoms with E-state index in [0.717, 1.165) is 0 Å². The minimum Gasteiger partial charge on any atom is -0.376 e. The molecule has 1 fully saturated rings. The van der Waals surface area contributed by atoms with Gasteiger partial charge in [-0.1, -0.05) is 30.3 Å². The Morgan fingerprint density at radius 1 is 1.43 bits per heavy atom. The van der Waals surface area contributed by atoms with Crippen LogP contribution in [0.5, 0.6) is 0 Å². The molecule has 2 rings (SSSR count). The topological polar surface area (TPSA) is 49.3 Å². The fourth-order valence-electron chi connectivity index (χ4n) is 1.80. The third kappa shape index (κ3) is 1.25. The van der Waals surface area contributed by atoms with Gasteiger partial charge in [0, 0.05) is 6.54 Å². The van der Waals surface area contributed by atoms with Crippen LogP contribution in [0.2, 0.25) is 0 Å². The Hall–Kier alpha value is -1.19. The van der Waals surface area contributed by atoms with Crippen molar-refractivity contribution in [1.29, 1.82) is 0 Å². The van der Waals surface area contributed by atoms with E-state index in [0.29, 0.717) is 12.1 Å². The van der Waals surface area contributed by atoms with Crippen LogP contribution in [0, 0.1) is 0 Å². The highest BCUT2D eigenvalue weighted by Gasteiger charge is 2.45. The second-order valence-corrected chi connectivity index (χ2v) is 3.69. The van der Waals surface area contributed by atoms with Crippen LogP contribution < -0.4 is 5.32 Å². The van der Waals surface area contributed by atoms with Gasteiger partial charge in [0.25, 0.3) is 0 Å². The fourth-order valence-corrected chi connectivity index (χ4v) is 1.80. The third-order valence-electron chi connectivity index (χ3n) is 2.72. The molecule has 0 aromatic heterocycles. The molecule has 1 aliphatic rings. The minimum atomic E-state index is -1.33. The van der Waals surface area contributed by atoms with Gasteiger partial charge < -0.3 is 10.4 Å². The van der Waals surface area contributed by atoms with E-state index >= 15 is 0 Å². The van der Waals surface area contributed by atoms with E-state index in [4.69, 9.17) is 0 Å². The highest BCUT2D eigenvalue weighted by molar-refractivity contribution is 5.94. The molecule has 2 N–H and O–H groups in total. The van der Waals surface area contributed by atoms with Gasteiger partial charge in [-0.25, -0.2) is 0 Å². The molecular formula is C11H13NO2. The lowest BCUT2D eigenvalue weighted by molar-refractivity contribution is -0.133. The van der Waals surface area contributed by atoms with Crippen molar-refractivity contribution < 1.29 is 9.90 Å². The molecule has 1 heterocycles. The summed E-state index contributed by atoms with van der Waals surface area (Å²) in [7, 11) is 0. The van der Waals surface area contributed by atoms with Gasteiger partial charge in [0.1, 0.15) is 0 Å². The largest absolute Gasteiger partial charge is 0.376 e. The van der Waals surface area contributed by atoms with Gasteiger partial charge in [0.05, 0.1) is 6.04 Å². The van der Waals surface area contributed by atoms with Crippen molar-refractivity contribution in [2.24, 2.45) is 0 Å². The molecule has 3 nitrogen and oxygen atoms in total. The fraction of sp³-hybridized carbons (Fsp3) is 0.364. The molecule has 2 atom stereocenters. The zero-order valence-corrected chi connectivity index (χ0v) is 8.03. The van der Waals surface area contributed by atoms with Crippen molar-refractivity contribution in [3.63, 3.8) is 0 Å². The quantitative estimate of drug-likeness (QED) is 0.677. The monoisotopic (exact) mass is 191 g/mol. The first-order valence-electron chi connectivity index (χ1n) is 4.70. The molecule has 0 bridgehead atoms. The molecule has 3 heteroatoms. The number of nitrogens with one attached hydrogen (secondary N) is 1. The number of hydrogen-bond donors (Lipinski definition) is 2. The van der Waals surface area contributed by atoms with Crippen LogP contribution in [0.4, 0.5) is 0 Å². The Labute approximate surface area is 82.8 Å². The predicted molar refractivity (Wildman–Crippen MR) is 52.8 cm³/mol. The average Bonchev–Trinajstić information content (AvgIpc) is 2.49. The average molecular weight is 191 g/mol. The van der Waals surface area contributed by atoms with Gasteiger partial charge in [-0.3, -0.25) is 4.79 Å². The van der Waals surface area contributed by atoms with Crippen molar-refractivity contribution in [2.45, 2.75) is 18.6 Å². The van der Waals surface area contributed by atoms with Crippen molar-refractivity contribution in [1.82, 2.24) is 5.32 Å². The maximum Gasteiger partial charge on any atom is 0.186 e. The molecule has 0 aliphatic carbocycles. The van der Waals surface area contributed by atoms with E-state index in [9.17, 15) is 9.90 Å². The van der Waals surface area contributed by atoms with Crippen LogP contribution in [0.3, 0.4) is 0 Å². The molecule has 1 saturated heterocycles. The van der Waals surface area contributed by atoms with Gasteiger partial charge in [-0.15, -0.1) is 0 Å². The van der Waals surface area contributed by atoms with Crippen LogP contribution in [-0.2, 0) is 10.4 Å². The lowest BCUT2D eigenvalue weighted by Gasteiger charge is -2.20. The third-order valence-corrected chi connectivity index (χ3v) is 2.72. The molecule has 1 aromatic rings. The summed E-state index contributed by atoms with van der Waals surface area (Å²) in [5.41, 5.74) is -0.664. The summed E-state index contributed by atoms with van der Waals surface area (Å²) in [6.07, 6.45) is 0. The van der Waals surface area contributed by atoms with Crippen molar-refractivity contribution in [3.8, 4) is 0 Å². The lowest BCUT2D eigenvalue weighted by atomic mass is 9.90. The first-order chi connectivity index (χ1) is 6.64.